The molecule has 0 aliphatic carbocycles. The van der Waals surface area contributed by atoms with E-state index in [2.05, 4.69) is 15.9 Å². The fourth-order valence-corrected chi connectivity index (χ4v) is 2.79. The average molecular weight is 334 g/mol. The number of carbonyl (C=O) groups excluding carboxylic acids is 1. The first-order valence-electron chi connectivity index (χ1n) is 8.71. The number of hydrogen-bond donors (Lipinski definition) is 1. The zero-order chi connectivity index (χ0) is 17.4. The zero-order valence-corrected chi connectivity index (χ0v) is 14.9. The summed E-state index contributed by atoms with van der Waals surface area (Å²) in [4.78, 5) is 18.4. The summed E-state index contributed by atoms with van der Waals surface area (Å²) in [5.41, 5.74) is 6.60. The third-order valence-corrected chi connectivity index (χ3v) is 4.23. The van der Waals surface area contributed by atoms with Crippen molar-refractivity contribution in [3.05, 3.63) is 24.3 Å². The minimum atomic E-state index is 0.218. The van der Waals surface area contributed by atoms with Crippen molar-refractivity contribution >= 4 is 11.6 Å². The summed E-state index contributed by atoms with van der Waals surface area (Å²) in [6.45, 7) is 5.32. The molecule has 1 aliphatic rings. The summed E-state index contributed by atoms with van der Waals surface area (Å²) >= 11 is 0. The second-order valence-electron chi connectivity index (χ2n) is 6.38. The van der Waals surface area contributed by atoms with E-state index in [0.29, 0.717) is 19.6 Å². The van der Waals surface area contributed by atoms with E-state index in [9.17, 15) is 4.79 Å². The van der Waals surface area contributed by atoms with Crippen LogP contribution in [0.3, 0.4) is 0 Å². The monoisotopic (exact) mass is 334 g/mol. The van der Waals surface area contributed by atoms with Gasteiger partial charge in [-0.2, -0.15) is 0 Å². The fourth-order valence-electron chi connectivity index (χ4n) is 2.79. The smallest absolute Gasteiger partial charge is 0.222 e. The van der Waals surface area contributed by atoms with Gasteiger partial charge in [-0.25, -0.2) is 0 Å². The molecule has 24 heavy (non-hydrogen) atoms. The van der Waals surface area contributed by atoms with E-state index < -0.39 is 0 Å². The van der Waals surface area contributed by atoms with E-state index in [1.807, 2.05) is 37.2 Å². The second kappa shape index (κ2) is 9.49. The van der Waals surface area contributed by atoms with Crippen molar-refractivity contribution in [1.29, 1.82) is 0 Å². The second-order valence-corrected chi connectivity index (χ2v) is 6.38. The molecular formula is C18H30N4O2. The van der Waals surface area contributed by atoms with E-state index in [-0.39, 0.29) is 5.91 Å². The van der Waals surface area contributed by atoms with Crippen molar-refractivity contribution in [3.8, 4) is 5.75 Å². The molecule has 6 nitrogen and oxygen atoms in total. The van der Waals surface area contributed by atoms with Gasteiger partial charge in [0.25, 0.3) is 0 Å². The van der Waals surface area contributed by atoms with E-state index in [0.717, 1.165) is 50.6 Å². The Morgan fingerprint density at radius 1 is 1.21 bits per heavy atom. The number of amides is 1. The van der Waals surface area contributed by atoms with Gasteiger partial charge in [0.2, 0.25) is 5.91 Å². The number of likely N-dealkylation sites (N-methyl/N-ethyl adjacent to an activating group) is 1. The summed E-state index contributed by atoms with van der Waals surface area (Å²) < 4.78 is 5.95. The average Bonchev–Trinajstić information content (AvgIpc) is 2.60. The maximum Gasteiger partial charge on any atom is 0.222 e. The molecule has 1 aliphatic heterocycles. The summed E-state index contributed by atoms with van der Waals surface area (Å²) in [6.07, 6.45) is 1.32. The lowest BCUT2D eigenvalue weighted by Crippen LogP contribution is -2.48. The van der Waals surface area contributed by atoms with Gasteiger partial charge in [-0.3, -0.25) is 4.79 Å². The predicted octanol–water partition coefficient (Wildman–Crippen LogP) is 1.01. The van der Waals surface area contributed by atoms with E-state index in [1.54, 1.807) is 0 Å². The van der Waals surface area contributed by atoms with Crippen LogP contribution in [0.15, 0.2) is 24.3 Å². The molecule has 0 saturated carbocycles. The molecule has 1 fully saturated rings. The lowest BCUT2D eigenvalue weighted by molar-refractivity contribution is -0.131. The topological polar surface area (TPSA) is 62.0 Å². The Morgan fingerprint density at radius 2 is 1.92 bits per heavy atom. The number of carbonyl (C=O) groups is 1. The highest BCUT2D eigenvalue weighted by atomic mass is 16.5. The largest absolute Gasteiger partial charge is 0.490 e. The van der Waals surface area contributed by atoms with Crippen molar-refractivity contribution in [2.24, 2.45) is 5.73 Å². The minimum Gasteiger partial charge on any atom is -0.490 e. The lowest BCUT2D eigenvalue weighted by Gasteiger charge is -2.36. The van der Waals surface area contributed by atoms with Crippen molar-refractivity contribution < 1.29 is 9.53 Å². The van der Waals surface area contributed by atoms with Gasteiger partial charge in [0.05, 0.1) is 5.69 Å². The molecule has 2 rings (SSSR count). The van der Waals surface area contributed by atoms with Gasteiger partial charge in [-0.15, -0.1) is 0 Å². The quantitative estimate of drug-likeness (QED) is 0.769. The van der Waals surface area contributed by atoms with Gasteiger partial charge in [0, 0.05) is 39.1 Å². The molecule has 134 valence electrons. The van der Waals surface area contributed by atoms with Crippen LogP contribution in [0.4, 0.5) is 5.69 Å². The van der Waals surface area contributed by atoms with Crippen molar-refractivity contribution in [2.75, 3.05) is 64.9 Å². The van der Waals surface area contributed by atoms with Crippen LogP contribution in [0, 0.1) is 0 Å². The number of ether oxygens (including phenoxy) is 1. The van der Waals surface area contributed by atoms with Crippen molar-refractivity contribution in [1.82, 2.24) is 9.80 Å². The highest BCUT2D eigenvalue weighted by Crippen LogP contribution is 2.28. The molecule has 0 aromatic heterocycles. The number of nitrogens with two attached hydrogens (primary N) is 1. The molecule has 0 bridgehead atoms. The Hall–Kier alpha value is -1.79. The molecule has 0 radical (unpaired) electrons. The number of benzene rings is 1. The summed E-state index contributed by atoms with van der Waals surface area (Å²) in [5.74, 6) is 1.14. The number of nitrogens with zero attached hydrogens (tertiary/aromatic N) is 3. The summed E-state index contributed by atoms with van der Waals surface area (Å²) in [6, 6.07) is 8.15. The first kappa shape index (κ1) is 18.5. The normalized spacial score (nSPS) is 15.0. The molecule has 0 atom stereocenters. The van der Waals surface area contributed by atoms with E-state index in [4.69, 9.17) is 10.5 Å². The minimum absolute atomic E-state index is 0.218. The molecule has 2 N–H and O–H groups in total. The molecule has 1 heterocycles. The molecule has 1 amide bonds. The number of rotatable bonds is 8. The summed E-state index contributed by atoms with van der Waals surface area (Å²) in [5, 5.41) is 0. The SMILES string of the molecule is CN(C)CCOc1ccccc1N1CCN(C(=O)CCCN)CC1. The van der Waals surface area contributed by atoms with Crippen molar-refractivity contribution in [3.63, 3.8) is 0 Å². The van der Waals surface area contributed by atoms with Crippen LogP contribution in [0.1, 0.15) is 12.8 Å². The van der Waals surface area contributed by atoms with Crippen LogP contribution in [0.2, 0.25) is 0 Å². The molecule has 0 spiro atoms. The van der Waals surface area contributed by atoms with Crippen LogP contribution in [0.25, 0.3) is 0 Å². The Balaban J connectivity index is 1.90. The van der Waals surface area contributed by atoms with Crippen LogP contribution in [-0.2, 0) is 4.79 Å². The third kappa shape index (κ3) is 5.39. The zero-order valence-electron chi connectivity index (χ0n) is 14.9. The first-order chi connectivity index (χ1) is 11.6. The van der Waals surface area contributed by atoms with Crippen LogP contribution >= 0.6 is 0 Å². The van der Waals surface area contributed by atoms with Gasteiger partial charge in [0.1, 0.15) is 12.4 Å². The number of piperazine rings is 1. The van der Waals surface area contributed by atoms with Crippen LogP contribution in [-0.4, -0.2) is 75.7 Å². The number of hydrogen-bond acceptors (Lipinski definition) is 5. The standard InChI is InChI=1S/C18H30N4O2/c1-20(2)14-15-24-17-7-4-3-6-16(17)21-10-12-22(13-11-21)18(23)8-5-9-19/h3-4,6-7H,5,8-15,19H2,1-2H3. The Labute approximate surface area is 145 Å². The molecule has 1 saturated heterocycles. The Bertz CT molecular complexity index is 513. The van der Waals surface area contributed by atoms with E-state index in [1.165, 1.54) is 0 Å². The van der Waals surface area contributed by atoms with Gasteiger partial charge in [-0.05, 0) is 39.2 Å². The van der Waals surface area contributed by atoms with Gasteiger partial charge < -0.3 is 25.2 Å². The predicted molar refractivity (Wildman–Crippen MR) is 97.6 cm³/mol. The lowest BCUT2D eigenvalue weighted by atomic mass is 10.2. The van der Waals surface area contributed by atoms with Crippen molar-refractivity contribution in [2.45, 2.75) is 12.8 Å². The highest BCUT2D eigenvalue weighted by Gasteiger charge is 2.22. The summed E-state index contributed by atoms with van der Waals surface area (Å²) in [7, 11) is 4.08. The van der Waals surface area contributed by atoms with E-state index >= 15 is 0 Å². The first-order valence-corrected chi connectivity index (χ1v) is 8.71. The van der Waals surface area contributed by atoms with Gasteiger partial charge >= 0.3 is 0 Å². The molecule has 1 aromatic rings. The number of anilines is 1. The van der Waals surface area contributed by atoms with Gasteiger partial charge in [0.15, 0.2) is 0 Å². The van der Waals surface area contributed by atoms with Gasteiger partial charge in [-0.1, -0.05) is 12.1 Å². The molecule has 0 unspecified atom stereocenters. The maximum absolute atomic E-state index is 12.1. The molecular weight excluding hydrogens is 304 g/mol. The highest BCUT2D eigenvalue weighted by molar-refractivity contribution is 5.76. The Morgan fingerprint density at radius 3 is 2.58 bits per heavy atom. The maximum atomic E-state index is 12.1. The number of para-hydroxylation sites is 2. The third-order valence-electron chi connectivity index (χ3n) is 4.23. The molecule has 6 heteroatoms. The fraction of sp³-hybridized carbons (Fsp3) is 0.611. The van der Waals surface area contributed by atoms with Crippen LogP contribution < -0.4 is 15.4 Å². The molecule has 1 aromatic carbocycles. The Kier molecular flexibility index (Phi) is 7.34. The van der Waals surface area contributed by atoms with Crippen LogP contribution in [0.5, 0.6) is 5.75 Å².